The fraction of sp³-hybridized carbons (Fsp3) is 0.250. The van der Waals surface area contributed by atoms with Gasteiger partial charge in [0.25, 0.3) is 5.91 Å². The predicted octanol–water partition coefficient (Wildman–Crippen LogP) is 5.78. The van der Waals surface area contributed by atoms with Crippen LogP contribution in [0.25, 0.3) is 11.1 Å². The Labute approximate surface area is 180 Å². The van der Waals surface area contributed by atoms with Gasteiger partial charge in [-0.3, -0.25) is 4.79 Å². The lowest BCUT2D eigenvalue weighted by Gasteiger charge is -2.10. The van der Waals surface area contributed by atoms with E-state index >= 15 is 0 Å². The van der Waals surface area contributed by atoms with Crippen LogP contribution in [0.3, 0.4) is 0 Å². The van der Waals surface area contributed by atoms with E-state index in [9.17, 15) is 9.59 Å². The Balaban J connectivity index is 2.03. The summed E-state index contributed by atoms with van der Waals surface area (Å²) >= 11 is 1.36. The van der Waals surface area contributed by atoms with Crippen molar-refractivity contribution in [2.75, 3.05) is 19.0 Å². The predicted molar refractivity (Wildman–Crippen MR) is 121 cm³/mol. The minimum Gasteiger partial charge on any atom is -0.494 e. The summed E-state index contributed by atoms with van der Waals surface area (Å²) < 4.78 is 10.5. The van der Waals surface area contributed by atoms with E-state index in [0.717, 1.165) is 21.6 Å². The molecule has 30 heavy (non-hydrogen) atoms. The average molecular weight is 424 g/mol. The molecule has 3 aromatic rings. The number of rotatable bonds is 6. The van der Waals surface area contributed by atoms with Crippen molar-refractivity contribution in [3.05, 3.63) is 69.6 Å². The highest BCUT2D eigenvalue weighted by Gasteiger charge is 2.25. The molecule has 0 aliphatic rings. The maximum absolute atomic E-state index is 12.9. The van der Waals surface area contributed by atoms with Gasteiger partial charge in [0.15, 0.2) is 0 Å². The second kappa shape index (κ2) is 9.13. The van der Waals surface area contributed by atoms with Crippen molar-refractivity contribution in [3.8, 4) is 16.9 Å². The molecule has 3 rings (SSSR count). The fourth-order valence-corrected chi connectivity index (χ4v) is 4.30. The van der Waals surface area contributed by atoms with Gasteiger partial charge in [-0.05, 0) is 62.6 Å². The summed E-state index contributed by atoms with van der Waals surface area (Å²) in [5.41, 5.74) is 4.84. The molecule has 0 spiro atoms. The van der Waals surface area contributed by atoms with E-state index in [1.165, 1.54) is 24.0 Å². The molecule has 1 amide bonds. The Morgan fingerprint density at radius 2 is 1.80 bits per heavy atom. The van der Waals surface area contributed by atoms with Crippen LogP contribution in [0.4, 0.5) is 5.00 Å². The van der Waals surface area contributed by atoms with E-state index in [-0.39, 0.29) is 5.91 Å². The van der Waals surface area contributed by atoms with Crippen molar-refractivity contribution in [2.24, 2.45) is 0 Å². The number of anilines is 1. The Morgan fingerprint density at radius 1 is 1.03 bits per heavy atom. The molecule has 5 nitrogen and oxygen atoms in total. The van der Waals surface area contributed by atoms with E-state index in [2.05, 4.69) is 5.32 Å². The molecule has 1 heterocycles. The summed E-state index contributed by atoms with van der Waals surface area (Å²) in [6.07, 6.45) is 0. The third-order valence-electron chi connectivity index (χ3n) is 4.90. The zero-order chi connectivity index (χ0) is 21.8. The molecular weight excluding hydrogens is 398 g/mol. The third kappa shape index (κ3) is 4.39. The van der Waals surface area contributed by atoms with Crippen LogP contribution in [0.1, 0.15) is 43.6 Å². The molecule has 0 unspecified atom stereocenters. The van der Waals surface area contributed by atoms with Crippen molar-refractivity contribution in [1.29, 1.82) is 0 Å². The van der Waals surface area contributed by atoms with E-state index in [1.807, 2.05) is 45.9 Å². The van der Waals surface area contributed by atoms with Crippen LogP contribution in [0.15, 0.2) is 42.5 Å². The summed E-state index contributed by atoms with van der Waals surface area (Å²) in [6.45, 7) is 8.42. The highest BCUT2D eigenvalue weighted by Crippen LogP contribution is 2.41. The van der Waals surface area contributed by atoms with Crippen molar-refractivity contribution >= 4 is 28.2 Å². The van der Waals surface area contributed by atoms with Gasteiger partial charge in [-0.2, -0.15) is 0 Å². The molecule has 0 aliphatic heterocycles. The van der Waals surface area contributed by atoms with E-state index in [4.69, 9.17) is 9.47 Å². The van der Waals surface area contributed by atoms with Gasteiger partial charge in [0.05, 0.1) is 13.7 Å². The average Bonchev–Trinajstić information content (AvgIpc) is 3.05. The minimum atomic E-state index is -0.481. The van der Waals surface area contributed by atoms with Crippen molar-refractivity contribution < 1.29 is 19.1 Å². The van der Waals surface area contributed by atoms with Crippen LogP contribution >= 0.6 is 11.3 Å². The SMILES string of the molecule is CCOc1cccc(C(=O)Nc2sc(C)c(-c3ccc(C)c(C)c3)c2C(=O)OC)c1. The number of nitrogens with one attached hydrogen (secondary N) is 1. The number of hydrogen-bond donors (Lipinski definition) is 1. The highest BCUT2D eigenvalue weighted by molar-refractivity contribution is 7.17. The van der Waals surface area contributed by atoms with Crippen molar-refractivity contribution in [2.45, 2.75) is 27.7 Å². The topological polar surface area (TPSA) is 64.6 Å². The number of amides is 1. The molecule has 0 aliphatic carbocycles. The number of aryl methyl sites for hydroxylation is 3. The molecule has 1 aromatic heterocycles. The lowest BCUT2D eigenvalue weighted by Crippen LogP contribution is -2.14. The van der Waals surface area contributed by atoms with Gasteiger partial charge >= 0.3 is 5.97 Å². The maximum Gasteiger partial charge on any atom is 0.341 e. The summed E-state index contributed by atoms with van der Waals surface area (Å²) in [5, 5.41) is 3.36. The van der Waals surface area contributed by atoms with Gasteiger partial charge < -0.3 is 14.8 Å². The fourth-order valence-electron chi connectivity index (χ4n) is 3.24. The monoisotopic (exact) mass is 423 g/mol. The zero-order valence-electron chi connectivity index (χ0n) is 17.8. The number of carbonyl (C=O) groups excluding carboxylic acids is 2. The first-order valence-electron chi connectivity index (χ1n) is 9.69. The number of ether oxygens (including phenoxy) is 2. The van der Waals surface area contributed by atoms with Gasteiger partial charge in [0, 0.05) is 16.0 Å². The van der Waals surface area contributed by atoms with E-state index < -0.39 is 5.97 Å². The lowest BCUT2D eigenvalue weighted by atomic mass is 9.97. The van der Waals surface area contributed by atoms with E-state index in [1.54, 1.807) is 24.3 Å². The second-order valence-electron chi connectivity index (χ2n) is 6.94. The number of hydrogen-bond acceptors (Lipinski definition) is 5. The molecule has 6 heteroatoms. The molecule has 1 N–H and O–H groups in total. The van der Waals surface area contributed by atoms with Crippen LogP contribution in [-0.2, 0) is 4.74 Å². The summed E-state index contributed by atoms with van der Waals surface area (Å²) in [5.74, 6) is -0.169. The van der Waals surface area contributed by atoms with Crippen LogP contribution in [0, 0.1) is 20.8 Å². The molecule has 2 aromatic carbocycles. The molecule has 0 fully saturated rings. The molecule has 0 radical (unpaired) electrons. The van der Waals surface area contributed by atoms with Crippen molar-refractivity contribution in [1.82, 2.24) is 0 Å². The van der Waals surface area contributed by atoms with Gasteiger partial charge in [-0.15, -0.1) is 11.3 Å². The minimum absolute atomic E-state index is 0.311. The molecular formula is C24H25NO4S. The normalized spacial score (nSPS) is 10.6. The smallest absolute Gasteiger partial charge is 0.341 e. The maximum atomic E-state index is 12.9. The zero-order valence-corrected chi connectivity index (χ0v) is 18.6. The van der Waals surface area contributed by atoms with Crippen molar-refractivity contribution in [3.63, 3.8) is 0 Å². The standard InChI is InChI=1S/C24H25NO4S/c1-6-29-19-9-7-8-18(13-19)22(26)25-23-21(24(27)28-5)20(16(4)30-23)17-11-10-14(2)15(3)12-17/h7-13H,6H2,1-5H3,(H,25,26). The molecule has 0 bridgehead atoms. The first-order chi connectivity index (χ1) is 14.3. The number of methoxy groups -OCH3 is 1. The van der Waals surface area contributed by atoms with Gasteiger partial charge in [-0.25, -0.2) is 4.79 Å². The second-order valence-corrected chi connectivity index (χ2v) is 8.17. The van der Waals surface area contributed by atoms with Crippen LogP contribution in [-0.4, -0.2) is 25.6 Å². The third-order valence-corrected chi connectivity index (χ3v) is 5.92. The van der Waals surface area contributed by atoms with Crippen LogP contribution in [0.2, 0.25) is 0 Å². The molecule has 156 valence electrons. The quantitative estimate of drug-likeness (QED) is 0.511. The highest BCUT2D eigenvalue weighted by atomic mass is 32.1. The van der Waals surface area contributed by atoms with Crippen LogP contribution in [0.5, 0.6) is 5.75 Å². The number of carbonyl (C=O) groups is 2. The number of thiophene rings is 1. The summed E-state index contributed by atoms with van der Waals surface area (Å²) in [6, 6.07) is 13.0. The Morgan fingerprint density at radius 3 is 2.47 bits per heavy atom. The Hall–Kier alpha value is -3.12. The molecule has 0 atom stereocenters. The van der Waals surface area contributed by atoms with Gasteiger partial charge in [0.2, 0.25) is 0 Å². The molecule has 0 saturated carbocycles. The Kier molecular flexibility index (Phi) is 6.57. The molecule has 0 saturated heterocycles. The summed E-state index contributed by atoms with van der Waals surface area (Å²) in [4.78, 5) is 26.5. The number of esters is 1. The number of benzene rings is 2. The lowest BCUT2D eigenvalue weighted by molar-refractivity contribution is 0.0603. The largest absolute Gasteiger partial charge is 0.494 e. The first-order valence-corrected chi connectivity index (χ1v) is 10.5. The first kappa shape index (κ1) is 21.6. The Bertz CT molecular complexity index is 1100. The van der Waals surface area contributed by atoms with Gasteiger partial charge in [-0.1, -0.05) is 24.3 Å². The summed E-state index contributed by atoms with van der Waals surface area (Å²) in [7, 11) is 1.34. The van der Waals surface area contributed by atoms with Crippen LogP contribution < -0.4 is 10.1 Å². The van der Waals surface area contributed by atoms with E-state index in [0.29, 0.717) is 28.5 Å². The van der Waals surface area contributed by atoms with Gasteiger partial charge in [0.1, 0.15) is 16.3 Å².